The summed E-state index contributed by atoms with van der Waals surface area (Å²) < 4.78 is 0. The molecular weight excluding hydrogens is 370 g/mol. The lowest BCUT2D eigenvalue weighted by Crippen LogP contribution is -2.11. The van der Waals surface area contributed by atoms with E-state index in [1.165, 1.54) is 23.5 Å². The van der Waals surface area contributed by atoms with E-state index >= 15 is 0 Å². The molecule has 0 unspecified atom stereocenters. The molecule has 0 atom stereocenters. The van der Waals surface area contributed by atoms with Gasteiger partial charge in [0.25, 0.3) is 11.6 Å². The first kappa shape index (κ1) is 18.1. The van der Waals surface area contributed by atoms with E-state index in [9.17, 15) is 14.9 Å². The summed E-state index contributed by atoms with van der Waals surface area (Å²) in [6.07, 6.45) is 0. The van der Waals surface area contributed by atoms with Crippen LogP contribution in [0.4, 0.5) is 10.8 Å². The van der Waals surface area contributed by atoms with Crippen LogP contribution in [0.1, 0.15) is 17.3 Å². The zero-order chi connectivity index (χ0) is 18.5. The lowest BCUT2D eigenvalue weighted by Gasteiger charge is -2.04. The monoisotopic (exact) mass is 385 g/mol. The highest BCUT2D eigenvalue weighted by molar-refractivity contribution is 7.99. The summed E-state index contributed by atoms with van der Waals surface area (Å²) in [6, 6.07) is 13.6. The van der Waals surface area contributed by atoms with E-state index in [-0.39, 0.29) is 11.6 Å². The summed E-state index contributed by atoms with van der Waals surface area (Å²) in [5.74, 6) is 0.726. The number of benzene rings is 2. The van der Waals surface area contributed by atoms with Gasteiger partial charge >= 0.3 is 0 Å². The van der Waals surface area contributed by atoms with E-state index in [1.54, 1.807) is 35.3 Å². The summed E-state index contributed by atoms with van der Waals surface area (Å²) in [7, 11) is 0. The summed E-state index contributed by atoms with van der Waals surface area (Å²) in [6.45, 7) is 2.06. The number of carbonyl (C=O) groups excluding carboxylic acids is 1. The Morgan fingerprint density at radius 2 is 2.04 bits per heavy atom. The number of thiazole rings is 1. The van der Waals surface area contributed by atoms with Gasteiger partial charge < -0.3 is 0 Å². The molecule has 3 rings (SSSR count). The zero-order valence-corrected chi connectivity index (χ0v) is 15.5. The second kappa shape index (κ2) is 8.11. The third kappa shape index (κ3) is 4.27. The summed E-state index contributed by atoms with van der Waals surface area (Å²) >= 11 is 2.99. The van der Waals surface area contributed by atoms with E-state index in [2.05, 4.69) is 17.2 Å². The van der Waals surface area contributed by atoms with Crippen molar-refractivity contribution < 1.29 is 9.72 Å². The number of rotatable bonds is 6. The van der Waals surface area contributed by atoms with Gasteiger partial charge in [-0.2, -0.15) is 0 Å². The van der Waals surface area contributed by atoms with Crippen LogP contribution in [-0.2, 0) is 0 Å². The molecule has 0 radical (unpaired) electrons. The maximum Gasteiger partial charge on any atom is 0.269 e. The van der Waals surface area contributed by atoms with Crippen LogP contribution in [0.3, 0.4) is 0 Å². The minimum atomic E-state index is -0.443. The van der Waals surface area contributed by atoms with Crippen molar-refractivity contribution in [1.82, 2.24) is 4.98 Å². The Morgan fingerprint density at radius 1 is 1.27 bits per heavy atom. The average molecular weight is 385 g/mol. The van der Waals surface area contributed by atoms with Gasteiger partial charge in [-0.25, -0.2) is 4.98 Å². The number of thioether (sulfide) groups is 1. The van der Waals surface area contributed by atoms with Gasteiger partial charge in [-0.3, -0.25) is 20.2 Å². The Labute approximate surface area is 158 Å². The van der Waals surface area contributed by atoms with Crippen molar-refractivity contribution in [3.8, 4) is 11.3 Å². The predicted octanol–water partition coefficient (Wildman–Crippen LogP) is 5.08. The Bertz CT molecular complexity index is 939. The fourth-order valence-corrected chi connectivity index (χ4v) is 3.71. The molecule has 0 aliphatic carbocycles. The molecule has 1 N–H and O–H groups in total. The van der Waals surface area contributed by atoms with Crippen molar-refractivity contribution in [1.29, 1.82) is 0 Å². The van der Waals surface area contributed by atoms with Crippen molar-refractivity contribution in [3.05, 3.63) is 69.6 Å². The summed E-state index contributed by atoms with van der Waals surface area (Å²) in [5, 5.41) is 15.8. The molecule has 6 nitrogen and oxygen atoms in total. The van der Waals surface area contributed by atoms with Gasteiger partial charge in [-0.05, 0) is 36.1 Å². The van der Waals surface area contributed by atoms with Crippen molar-refractivity contribution in [3.63, 3.8) is 0 Å². The SMILES string of the molecule is CCSc1cccc(C(=O)Nc2nc(-c3ccc([N+](=O)[O-])cc3)cs2)c1. The van der Waals surface area contributed by atoms with E-state index in [4.69, 9.17) is 0 Å². The lowest BCUT2D eigenvalue weighted by molar-refractivity contribution is -0.384. The number of aromatic nitrogens is 1. The molecule has 0 fully saturated rings. The van der Waals surface area contributed by atoms with E-state index in [0.29, 0.717) is 16.4 Å². The van der Waals surface area contributed by atoms with Crippen LogP contribution in [0.15, 0.2) is 58.8 Å². The van der Waals surface area contributed by atoms with E-state index in [0.717, 1.165) is 16.2 Å². The highest BCUT2D eigenvalue weighted by Crippen LogP contribution is 2.27. The predicted molar refractivity (Wildman–Crippen MR) is 105 cm³/mol. The maximum atomic E-state index is 12.4. The Kier molecular flexibility index (Phi) is 5.65. The van der Waals surface area contributed by atoms with Crippen molar-refractivity contribution in [2.75, 3.05) is 11.1 Å². The minimum absolute atomic E-state index is 0.0299. The molecule has 0 saturated heterocycles. The first-order valence-corrected chi connectivity index (χ1v) is 9.68. The molecule has 0 saturated carbocycles. The molecule has 1 aromatic heterocycles. The third-order valence-corrected chi connectivity index (χ3v) is 5.14. The number of nitrogens with zero attached hydrogens (tertiary/aromatic N) is 2. The lowest BCUT2D eigenvalue weighted by atomic mass is 10.1. The number of nitro groups is 1. The highest BCUT2D eigenvalue weighted by Gasteiger charge is 2.12. The van der Waals surface area contributed by atoms with Crippen LogP contribution < -0.4 is 5.32 Å². The van der Waals surface area contributed by atoms with Crippen molar-refractivity contribution in [2.45, 2.75) is 11.8 Å². The number of non-ortho nitro benzene ring substituents is 1. The van der Waals surface area contributed by atoms with Crippen LogP contribution in [0.2, 0.25) is 0 Å². The van der Waals surface area contributed by atoms with Crippen molar-refractivity contribution in [2.24, 2.45) is 0 Å². The largest absolute Gasteiger partial charge is 0.298 e. The standard InChI is InChI=1S/C18H15N3O3S2/c1-2-25-15-5-3-4-13(10-15)17(22)20-18-19-16(11-26-18)12-6-8-14(9-7-12)21(23)24/h3-11H,2H2,1H3,(H,19,20,22). The quantitative estimate of drug-likeness (QED) is 0.363. The number of hydrogen-bond donors (Lipinski definition) is 1. The maximum absolute atomic E-state index is 12.4. The summed E-state index contributed by atoms with van der Waals surface area (Å²) in [5.41, 5.74) is 2.03. The highest BCUT2D eigenvalue weighted by atomic mass is 32.2. The average Bonchev–Trinajstić information content (AvgIpc) is 3.11. The van der Waals surface area contributed by atoms with Gasteiger partial charge in [0.1, 0.15) is 0 Å². The first-order valence-electron chi connectivity index (χ1n) is 7.81. The fourth-order valence-electron chi connectivity index (χ4n) is 2.28. The first-order chi connectivity index (χ1) is 12.6. The molecule has 0 aliphatic rings. The molecule has 26 heavy (non-hydrogen) atoms. The zero-order valence-electron chi connectivity index (χ0n) is 13.8. The number of nitrogens with one attached hydrogen (secondary N) is 1. The van der Waals surface area contributed by atoms with Crippen LogP contribution in [0.5, 0.6) is 0 Å². The Hall–Kier alpha value is -2.71. The Morgan fingerprint density at radius 3 is 2.73 bits per heavy atom. The molecule has 8 heteroatoms. The number of nitro benzene ring substituents is 1. The minimum Gasteiger partial charge on any atom is -0.298 e. The van der Waals surface area contributed by atoms with Crippen LogP contribution in [-0.4, -0.2) is 21.6 Å². The summed E-state index contributed by atoms with van der Waals surface area (Å²) in [4.78, 5) is 28.1. The molecule has 3 aromatic rings. The molecular formula is C18H15N3O3S2. The van der Waals surface area contributed by atoms with E-state index in [1.807, 2.05) is 18.2 Å². The third-order valence-electron chi connectivity index (χ3n) is 3.51. The van der Waals surface area contributed by atoms with Gasteiger partial charge in [0.15, 0.2) is 5.13 Å². The van der Waals surface area contributed by atoms with Gasteiger partial charge in [0.05, 0.1) is 10.6 Å². The van der Waals surface area contributed by atoms with Crippen LogP contribution in [0.25, 0.3) is 11.3 Å². The van der Waals surface area contributed by atoms with Gasteiger partial charge in [-0.15, -0.1) is 23.1 Å². The number of hydrogen-bond acceptors (Lipinski definition) is 6. The number of anilines is 1. The second-order valence-corrected chi connectivity index (χ2v) is 7.45. The topological polar surface area (TPSA) is 85.1 Å². The number of amides is 1. The fraction of sp³-hybridized carbons (Fsp3) is 0.111. The molecule has 2 aromatic carbocycles. The number of carbonyl (C=O) groups is 1. The Balaban J connectivity index is 1.72. The molecule has 0 bridgehead atoms. The molecule has 0 spiro atoms. The normalized spacial score (nSPS) is 10.5. The van der Waals surface area contributed by atoms with Crippen molar-refractivity contribution >= 4 is 39.8 Å². The smallest absolute Gasteiger partial charge is 0.269 e. The van der Waals surface area contributed by atoms with Gasteiger partial charge in [-0.1, -0.05) is 13.0 Å². The van der Waals surface area contributed by atoms with Crippen LogP contribution in [0, 0.1) is 10.1 Å². The van der Waals surface area contributed by atoms with Gasteiger partial charge in [0, 0.05) is 33.5 Å². The molecule has 1 heterocycles. The van der Waals surface area contributed by atoms with Gasteiger partial charge in [0.2, 0.25) is 0 Å². The molecule has 1 amide bonds. The second-order valence-electron chi connectivity index (χ2n) is 5.26. The van der Waals surface area contributed by atoms with E-state index < -0.39 is 4.92 Å². The van der Waals surface area contributed by atoms with Crippen LogP contribution >= 0.6 is 23.1 Å². The molecule has 0 aliphatic heterocycles. The molecule has 132 valence electrons.